The molecule has 2 aliphatic heterocycles. The maximum absolute atomic E-state index is 13.6. The highest BCUT2D eigenvalue weighted by molar-refractivity contribution is 6.06. The lowest BCUT2D eigenvalue weighted by atomic mass is 9.95. The SMILES string of the molecule is O=C1NCc2c(-c3cnc4cc(F)ccn34)ccc(Nc3ccc([C@]4(O)CCOC4)cn3)c21. The fourth-order valence-electron chi connectivity index (χ4n) is 4.51. The number of aromatic nitrogens is 3. The lowest BCUT2D eigenvalue weighted by Gasteiger charge is -2.20. The van der Waals surface area contributed by atoms with Crippen molar-refractivity contribution in [2.45, 2.75) is 18.6 Å². The van der Waals surface area contributed by atoms with E-state index in [-0.39, 0.29) is 18.3 Å². The van der Waals surface area contributed by atoms with Crippen LogP contribution in [0.3, 0.4) is 0 Å². The molecule has 166 valence electrons. The van der Waals surface area contributed by atoms with E-state index in [4.69, 9.17) is 4.74 Å². The van der Waals surface area contributed by atoms with Gasteiger partial charge in [0.2, 0.25) is 0 Å². The van der Waals surface area contributed by atoms with Gasteiger partial charge >= 0.3 is 0 Å². The summed E-state index contributed by atoms with van der Waals surface area (Å²) in [4.78, 5) is 21.4. The molecule has 1 atom stereocenters. The second-order valence-corrected chi connectivity index (χ2v) is 8.30. The number of imidazole rings is 1. The minimum absolute atomic E-state index is 0.178. The number of carbonyl (C=O) groups excluding carboxylic acids is 1. The van der Waals surface area contributed by atoms with E-state index in [1.165, 1.54) is 12.1 Å². The summed E-state index contributed by atoms with van der Waals surface area (Å²) in [5, 5.41) is 16.8. The van der Waals surface area contributed by atoms with Gasteiger partial charge in [-0.2, -0.15) is 0 Å². The molecule has 0 bridgehead atoms. The molecule has 1 amide bonds. The van der Waals surface area contributed by atoms with Crippen molar-refractivity contribution in [2.24, 2.45) is 0 Å². The number of nitrogens with zero attached hydrogens (tertiary/aromatic N) is 3. The first-order valence-corrected chi connectivity index (χ1v) is 10.6. The summed E-state index contributed by atoms with van der Waals surface area (Å²) in [5.74, 6) is 0.0248. The summed E-state index contributed by atoms with van der Waals surface area (Å²) >= 11 is 0. The number of fused-ring (bicyclic) bond motifs is 2. The molecule has 2 aliphatic rings. The molecule has 4 aromatic rings. The third-order valence-corrected chi connectivity index (χ3v) is 6.28. The van der Waals surface area contributed by atoms with Crippen LogP contribution in [0, 0.1) is 5.82 Å². The van der Waals surface area contributed by atoms with Crippen LogP contribution >= 0.6 is 0 Å². The number of carbonyl (C=O) groups is 1. The number of hydrogen-bond acceptors (Lipinski definition) is 6. The highest BCUT2D eigenvalue weighted by atomic mass is 19.1. The number of pyridine rings is 2. The van der Waals surface area contributed by atoms with Crippen LogP contribution in [0.5, 0.6) is 0 Å². The van der Waals surface area contributed by atoms with E-state index >= 15 is 0 Å². The van der Waals surface area contributed by atoms with Gasteiger partial charge in [0.15, 0.2) is 0 Å². The normalized spacial score (nSPS) is 19.6. The van der Waals surface area contributed by atoms with Crippen molar-refractivity contribution < 1.29 is 19.0 Å². The monoisotopic (exact) mass is 445 g/mol. The summed E-state index contributed by atoms with van der Waals surface area (Å²) in [7, 11) is 0. The summed E-state index contributed by atoms with van der Waals surface area (Å²) in [6, 6.07) is 10.1. The topological polar surface area (TPSA) is 101 Å². The number of rotatable bonds is 4. The Morgan fingerprint density at radius 3 is 2.88 bits per heavy atom. The lowest BCUT2D eigenvalue weighted by Crippen LogP contribution is -2.25. The zero-order valence-electron chi connectivity index (χ0n) is 17.5. The lowest BCUT2D eigenvalue weighted by molar-refractivity contribution is 0.0229. The van der Waals surface area contributed by atoms with Crippen molar-refractivity contribution in [3.8, 4) is 11.3 Å². The molecule has 3 N–H and O–H groups in total. The van der Waals surface area contributed by atoms with Gasteiger partial charge in [-0.05, 0) is 23.8 Å². The molecule has 6 rings (SSSR count). The van der Waals surface area contributed by atoms with Crippen LogP contribution in [-0.2, 0) is 16.9 Å². The van der Waals surface area contributed by atoms with Crippen LogP contribution < -0.4 is 10.6 Å². The van der Waals surface area contributed by atoms with Crippen molar-refractivity contribution in [3.63, 3.8) is 0 Å². The first-order valence-electron chi connectivity index (χ1n) is 10.6. The number of anilines is 2. The second-order valence-electron chi connectivity index (χ2n) is 8.30. The molecule has 1 saturated heterocycles. The predicted octanol–water partition coefficient (Wildman–Crippen LogP) is 3.13. The number of halogens is 1. The van der Waals surface area contributed by atoms with Gasteiger partial charge in [0.25, 0.3) is 5.91 Å². The van der Waals surface area contributed by atoms with E-state index in [1.807, 2.05) is 18.2 Å². The highest BCUT2D eigenvalue weighted by Crippen LogP contribution is 2.36. The Morgan fingerprint density at radius 2 is 2.09 bits per heavy atom. The average Bonchev–Trinajstić information content (AvgIpc) is 3.54. The van der Waals surface area contributed by atoms with Crippen LogP contribution in [0.4, 0.5) is 15.9 Å². The average molecular weight is 445 g/mol. The van der Waals surface area contributed by atoms with E-state index in [1.54, 1.807) is 29.1 Å². The third kappa shape index (κ3) is 3.24. The fraction of sp³-hybridized carbons (Fsp3) is 0.208. The number of aliphatic hydroxyl groups is 1. The van der Waals surface area contributed by atoms with Crippen LogP contribution in [-0.4, -0.2) is 38.6 Å². The van der Waals surface area contributed by atoms with Crippen LogP contribution in [0.2, 0.25) is 0 Å². The van der Waals surface area contributed by atoms with Gasteiger partial charge in [0.05, 0.1) is 29.7 Å². The maximum Gasteiger partial charge on any atom is 0.254 e. The molecule has 0 spiro atoms. The summed E-state index contributed by atoms with van der Waals surface area (Å²) in [6.45, 7) is 1.16. The molecule has 0 radical (unpaired) electrons. The van der Waals surface area contributed by atoms with E-state index in [0.717, 1.165) is 16.8 Å². The van der Waals surface area contributed by atoms with Crippen molar-refractivity contribution in [1.29, 1.82) is 0 Å². The smallest absolute Gasteiger partial charge is 0.254 e. The van der Waals surface area contributed by atoms with E-state index in [0.29, 0.717) is 47.9 Å². The van der Waals surface area contributed by atoms with E-state index in [2.05, 4.69) is 20.6 Å². The maximum atomic E-state index is 13.6. The molecule has 8 nitrogen and oxygen atoms in total. The largest absolute Gasteiger partial charge is 0.383 e. The number of nitrogens with one attached hydrogen (secondary N) is 2. The Bertz CT molecular complexity index is 1390. The Balaban J connectivity index is 1.36. The molecule has 3 aromatic heterocycles. The summed E-state index contributed by atoms with van der Waals surface area (Å²) < 4.78 is 20.7. The molecule has 1 aromatic carbocycles. The molecule has 1 fully saturated rings. The number of ether oxygens (including phenoxy) is 1. The van der Waals surface area contributed by atoms with Gasteiger partial charge in [-0.1, -0.05) is 12.1 Å². The molecular weight excluding hydrogens is 425 g/mol. The minimum Gasteiger partial charge on any atom is -0.383 e. The molecular formula is C24H20FN5O3. The molecule has 5 heterocycles. The molecule has 9 heteroatoms. The van der Waals surface area contributed by atoms with Crippen LogP contribution in [0.1, 0.15) is 27.9 Å². The molecule has 0 aliphatic carbocycles. The Labute approximate surface area is 188 Å². The summed E-state index contributed by atoms with van der Waals surface area (Å²) in [5.41, 5.74) is 3.82. The third-order valence-electron chi connectivity index (χ3n) is 6.28. The van der Waals surface area contributed by atoms with Gasteiger partial charge in [-0.3, -0.25) is 9.20 Å². The second kappa shape index (κ2) is 7.36. The quantitative estimate of drug-likeness (QED) is 0.446. The van der Waals surface area contributed by atoms with Gasteiger partial charge < -0.3 is 20.5 Å². The number of amides is 1. The zero-order chi connectivity index (χ0) is 22.6. The predicted molar refractivity (Wildman–Crippen MR) is 119 cm³/mol. The van der Waals surface area contributed by atoms with Gasteiger partial charge in [0, 0.05) is 49.2 Å². The Hall–Kier alpha value is -3.82. The Morgan fingerprint density at radius 1 is 1.18 bits per heavy atom. The van der Waals surface area contributed by atoms with Crippen molar-refractivity contribution in [2.75, 3.05) is 18.5 Å². The minimum atomic E-state index is -1.01. The van der Waals surface area contributed by atoms with E-state index in [9.17, 15) is 14.3 Å². The Kier molecular flexibility index (Phi) is 4.42. The van der Waals surface area contributed by atoms with E-state index < -0.39 is 5.60 Å². The summed E-state index contributed by atoms with van der Waals surface area (Å²) in [6.07, 6.45) is 5.47. The van der Waals surface area contributed by atoms with Gasteiger partial charge in [0.1, 0.15) is 22.9 Å². The number of hydrogen-bond donors (Lipinski definition) is 3. The molecule has 33 heavy (non-hydrogen) atoms. The van der Waals surface area contributed by atoms with Crippen molar-refractivity contribution in [1.82, 2.24) is 19.7 Å². The fourth-order valence-corrected chi connectivity index (χ4v) is 4.51. The standard InChI is InChI=1S/C24H20FN5O3/c25-15-5-7-30-19(12-27-21(30)9-15)16-2-3-18(22-17(16)11-28-23(22)31)29-20-4-1-14(10-26-20)24(32)6-8-33-13-24/h1-5,7,9-10,12,32H,6,8,11,13H2,(H,26,29)(H,28,31)/t24-/m0/s1. The van der Waals surface area contributed by atoms with Crippen molar-refractivity contribution >= 4 is 23.1 Å². The number of benzene rings is 1. The van der Waals surface area contributed by atoms with Gasteiger partial charge in [-0.15, -0.1) is 0 Å². The van der Waals surface area contributed by atoms with Gasteiger partial charge in [-0.25, -0.2) is 14.4 Å². The van der Waals surface area contributed by atoms with Crippen LogP contribution in [0.25, 0.3) is 16.9 Å². The first-order chi connectivity index (χ1) is 16.0. The molecule has 0 unspecified atom stereocenters. The highest BCUT2D eigenvalue weighted by Gasteiger charge is 2.34. The molecule has 0 saturated carbocycles. The zero-order valence-corrected chi connectivity index (χ0v) is 17.5. The van der Waals surface area contributed by atoms with Crippen LogP contribution in [0.15, 0.2) is 55.0 Å². The first kappa shape index (κ1) is 19.8. The van der Waals surface area contributed by atoms with Crippen molar-refractivity contribution in [3.05, 3.63) is 77.5 Å².